The van der Waals surface area contributed by atoms with Gasteiger partial charge in [0.2, 0.25) is 0 Å². The summed E-state index contributed by atoms with van der Waals surface area (Å²) in [4.78, 5) is 13.0. The summed E-state index contributed by atoms with van der Waals surface area (Å²) in [6, 6.07) is 0. The van der Waals surface area contributed by atoms with Gasteiger partial charge in [-0.15, -0.1) is 11.6 Å². The second-order valence-electron chi connectivity index (χ2n) is 3.03. The van der Waals surface area contributed by atoms with Gasteiger partial charge in [-0.25, -0.2) is 4.79 Å². The lowest BCUT2D eigenvalue weighted by atomic mass is 10.3. The molecule has 0 fully saturated rings. The average Bonchev–Trinajstić information content (AvgIpc) is 2.10. The zero-order chi connectivity index (χ0) is 10.3. The van der Waals surface area contributed by atoms with E-state index in [0.717, 1.165) is 13.0 Å². The molecule has 0 aliphatic carbocycles. The number of hydrogen-bond acceptors (Lipinski definition) is 3. The highest BCUT2D eigenvalue weighted by atomic mass is 35.5. The van der Waals surface area contributed by atoms with Crippen molar-refractivity contribution < 1.29 is 9.53 Å². The molecule has 4 heteroatoms. The van der Waals surface area contributed by atoms with Crippen molar-refractivity contribution in [2.75, 3.05) is 33.1 Å². The second-order valence-corrected chi connectivity index (χ2v) is 3.30. The normalized spacial score (nSPS) is 10.2. The zero-order valence-corrected chi connectivity index (χ0v) is 8.93. The van der Waals surface area contributed by atoms with E-state index in [1.54, 1.807) is 0 Å². The standard InChI is InChI=1S/C9H16ClNO2/c1-8(7-10)9(12)13-6-4-5-11(2)3/h1,4-7H2,2-3H3. The largest absolute Gasteiger partial charge is 0.462 e. The van der Waals surface area contributed by atoms with Gasteiger partial charge in [0.25, 0.3) is 0 Å². The molecule has 0 atom stereocenters. The van der Waals surface area contributed by atoms with Gasteiger partial charge in [-0.2, -0.15) is 0 Å². The molecule has 0 aliphatic rings. The molecular weight excluding hydrogens is 190 g/mol. The fourth-order valence-electron chi connectivity index (χ4n) is 0.702. The Kier molecular flexibility index (Phi) is 6.63. The third kappa shape index (κ3) is 6.61. The highest BCUT2D eigenvalue weighted by Gasteiger charge is 2.05. The smallest absolute Gasteiger partial charge is 0.334 e. The minimum Gasteiger partial charge on any atom is -0.462 e. The predicted molar refractivity (Wildman–Crippen MR) is 54.0 cm³/mol. The number of carbonyl (C=O) groups is 1. The van der Waals surface area contributed by atoms with Crippen molar-refractivity contribution in [3.63, 3.8) is 0 Å². The molecule has 0 N–H and O–H groups in total. The van der Waals surface area contributed by atoms with E-state index in [0.29, 0.717) is 12.2 Å². The molecule has 0 aromatic rings. The number of alkyl halides is 1. The quantitative estimate of drug-likeness (QED) is 0.283. The maximum absolute atomic E-state index is 11.0. The number of rotatable bonds is 6. The van der Waals surface area contributed by atoms with E-state index in [1.165, 1.54) is 0 Å². The van der Waals surface area contributed by atoms with Crippen LogP contribution in [-0.4, -0.2) is 44.0 Å². The molecule has 13 heavy (non-hydrogen) atoms. The van der Waals surface area contributed by atoms with Crippen molar-refractivity contribution in [3.8, 4) is 0 Å². The van der Waals surface area contributed by atoms with Crippen molar-refractivity contribution in [2.24, 2.45) is 0 Å². The van der Waals surface area contributed by atoms with Crippen LogP contribution in [0.5, 0.6) is 0 Å². The van der Waals surface area contributed by atoms with Crippen LogP contribution in [0, 0.1) is 0 Å². The Morgan fingerprint density at radius 1 is 1.54 bits per heavy atom. The molecule has 3 nitrogen and oxygen atoms in total. The van der Waals surface area contributed by atoms with Gasteiger partial charge in [-0.1, -0.05) is 6.58 Å². The zero-order valence-electron chi connectivity index (χ0n) is 8.18. The first kappa shape index (κ1) is 12.5. The molecule has 0 rings (SSSR count). The molecule has 0 bridgehead atoms. The van der Waals surface area contributed by atoms with E-state index < -0.39 is 5.97 Å². The van der Waals surface area contributed by atoms with Crippen LogP contribution >= 0.6 is 11.6 Å². The molecule has 0 saturated carbocycles. The van der Waals surface area contributed by atoms with Crippen LogP contribution in [0.1, 0.15) is 6.42 Å². The van der Waals surface area contributed by atoms with E-state index in [9.17, 15) is 4.79 Å². The van der Waals surface area contributed by atoms with Gasteiger partial charge in [0.15, 0.2) is 0 Å². The number of halogens is 1. The van der Waals surface area contributed by atoms with Crippen LogP contribution < -0.4 is 0 Å². The third-order valence-electron chi connectivity index (χ3n) is 1.43. The van der Waals surface area contributed by atoms with Gasteiger partial charge < -0.3 is 9.64 Å². The van der Waals surface area contributed by atoms with Crippen molar-refractivity contribution in [1.29, 1.82) is 0 Å². The first-order valence-electron chi connectivity index (χ1n) is 4.13. The van der Waals surface area contributed by atoms with Crippen LogP contribution in [0.4, 0.5) is 0 Å². The summed E-state index contributed by atoms with van der Waals surface area (Å²) >= 11 is 5.40. The van der Waals surface area contributed by atoms with Crippen LogP contribution in [0.25, 0.3) is 0 Å². The summed E-state index contributed by atoms with van der Waals surface area (Å²) in [5, 5.41) is 0. The van der Waals surface area contributed by atoms with Gasteiger partial charge in [0.1, 0.15) is 0 Å². The van der Waals surface area contributed by atoms with E-state index in [1.807, 2.05) is 19.0 Å². The van der Waals surface area contributed by atoms with Gasteiger partial charge in [0, 0.05) is 12.1 Å². The number of esters is 1. The Morgan fingerprint density at radius 3 is 2.62 bits per heavy atom. The van der Waals surface area contributed by atoms with E-state index in [2.05, 4.69) is 6.58 Å². The highest BCUT2D eigenvalue weighted by molar-refractivity contribution is 6.22. The summed E-state index contributed by atoms with van der Waals surface area (Å²) in [6.45, 7) is 4.80. The summed E-state index contributed by atoms with van der Waals surface area (Å²) in [5.41, 5.74) is 0.312. The summed E-state index contributed by atoms with van der Waals surface area (Å²) in [5.74, 6) is -0.263. The van der Waals surface area contributed by atoms with E-state index in [-0.39, 0.29) is 5.88 Å². The number of ether oxygens (including phenoxy) is 1. The van der Waals surface area contributed by atoms with E-state index in [4.69, 9.17) is 16.3 Å². The van der Waals surface area contributed by atoms with Gasteiger partial charge in [-0.3, -0.25) is 0 Å². The summed E-state index contributed by atoms with van der Waals surface area (Å²) in [7, 11) is 3.94. The molecular formula is C9H16ClNO2. The SMILES string of the molecule is C=C(CCl)C(=O)OCCCN(C)C. The van der Waals surface area contributed by atoms with Crippen LogP contribution in [0.3, 0.4) is 0 Å². The third-order valence-corrected chi connectivity index (χ3v) is 1.76. The van der Waals surface area contributed by atoms with Crippen molar-refractivity contribution in [2.45, 2.75) is 6.42 Å². The number of nitrogens with zero attached hydrogens (tertiary/aromatic N) is 1. The lowest BCUT2D eigenvalue weighted by Gasteiger charge is -2.09. The van der Waals surface area contributed by atoms with Crippen molar-refractivity contribution in [1.82, 2.24) is 4.90 Å². The molecule has 0 aliphatic heterocycles. The Hall–Kier alpha value is -0.540. The molecule has 0 heterocycles. The van der Waals surface area contributed by atoms with Gasteiger partial charge >= 0.3 is 5.97 Å². The topological polar surface area (TPSA) is 29.5 Å². The van der Waals surface area contributed by atoms with Crippen LogP contribution in [-0.2, 0) is 9.53 Å². The second kappa shape index (κ2) is 6.92. The summed E-state index contributed by atoms with van der Waals surface area (Å²) in [6.07, 6.45) is 0.828. The molecule has 0 spiro atoms. The lowest BCUT2D eigenvalue weighted by Crippen LogP contribution is -2.16. The van der Waals surface area contributed by atoms with E-state index >= 15 is 0 Å². The fraction of sp³-hybridized carbons (Fsp3) is 0.667. The van der Waals surface area contributed by atoms with Crippen molar-refractivity contribution >= 4 is 17.6 Å². The maximum Gasteiger partial charge on any atom is 0.334 e. The molecule has 0 aromatic carbocycles. The Labute approximate surface area is 84.3 Å². The average molecular weight is 206 g/mol. The summed E-state index contributed by atoms with van der Waals surface area (Å²) < 4.78 is 4.90. The molecule has 0 aromatic heterocycles. The van der Waals surface area contributed by atoms with Gasteiger partial charge in [-0.05, 0) is 20.5 Å². The lowest BCUT2D eigenvalue weighted by molar-refractivity contribution is -0.139. The molecule has 0 saturated heterocycles. The first-order chi connectivity index (χ1) is 6.07. The van der Waals surface area contributed by atoms with Crippen molar-refractivity contribution in [3.05, 3.63) is 12.2 Å². The van der Waals surface area contributed by atoms with Crippen LogP contribution in [0.2, 0.25) is 0 Å². The monoisotopic (exact) mass is 205 g/mol. The Bertz CT molecular complexity index is 180. The predicted octanol–water partition coefficient (Wildman–Crippen LogP) is 1.28. The molecule has 0 amide bonds. The maximum atomic E-state index is 11.0. The molecule has 0 unspecified atom stereocenters. The molecule has 0 radical (unpaired) electrons. The first-order valence-corrected chi connectivity index (χ1v) is 4.67. The number of hydrogen-bond donors (Lipinski definition) is 0. The minimum absolute atomic E-state index is 0.131. The number of carbonyl (C=O) groups excluding carboxylic acids is 1. The van der Waals surface area contributed by atoms with Crippen LogP contribution in [0.15, 0.2) is 12.2 Å². The minimum atomic E-state index is -0.395. The molecule has 76 valence electrons. The highest BCUT2D eigenvalue weighted by Crippen LogP contribution is 1.98. The Morgan fingerprint density at radius 2 is 2.15 bits per heavy atom. The Balaban J connectivity index is 3.43. The van der Waals surface area contributed by atoms with Gasteiger partial charge in [0.05, 0.1) is 12.5 Å². The fourth-order valence-corrected chi connectivity index (χ4v) is 0.811.